The summed E-state index contributed by atoms with van der Waals surface area (Å²) in [5, 5.41) is 18.7. The van der Waals surface area contributed by atoms with Gasteiger partial charge in [-0.3, -0.25) is 4.79 Å². The van der Waals surface area contributed by atoms with Crippen LogP contribution >= 0.6 is 0 Å². The second kappa shape index (κ2) is 5.10. The monoisotopic (exact) mass is 265 g/mol. The topological polar surface area (TPSA) is 90.4 Å². The second-order valence-corrected chi connectivity index (χ2v) is 6.20. The molecule has 1 aliphatic carbocycles. The van der Waals surface area contributed by atoms with Crippen LogP contribution < -0.4 is 5.73 Å². The molecular weight excluding hydrogens is 242 g/mol. The number of carbonyl (C=O) groups excluding carboxylic acids is 1. The molecule has 2 aliphatic rings. The Labute approximate surface area is 114 Å². The summed E-state index contributed by atoms with van der Waals surface area (Å²) >= 11 is 0. The molecule has 0 bridgehead atoms. The van der Waals surface area contributed by atoms with Gasteiger partial charge in [-0.2, -0.15) is 5.26 Å². The standard InChI is InChI=1S/C14H23N3O2/c1-9-6-11(7-15)17(10(9)2)13(19)12(16)14(8-18)4-3-5-14/h9-12,18H,3-6,8,16H2,1-2H3/t9?,10-,11?,12?/m0/s1. The largest absolute Gasteiger partial charge is 0.396 e. The highest BCUT2D eigenvalue weighted by Gasteiger charge is 2.49. The van der Waals surface area contributed by atoms with E-state index in [0.29, 0.717) is 12.3 Å². The van der Waals surface area contributed by atoms with Crippen LogP contribution in [0.25, 0.3) is 0 Å². The Morgan fingerprint density at radius 2 is 2.21 bits per heavy atom. The van der Waals surface area contributed by atoms with E-state index >= 15 is 0 Å². The highest BCUT2D eigenvalue weighted by molar-refractivity contribution is 5.84. The zero-order valence-electron chi connectivity index (χ0n) is 11.7. The number of nitriles is 1. The quantitative estimate of drug-likeness (QED) is 0.783. The number of carbonyl (C=O) groups is 1. The lowest BCUT2D eigenvalue weighted by Gasteiger charge is -2.45. The number of hydrogen-bond acceptors (Lipinski definition) is 4. The second-order valence-electron chi connectivity index (χ2n) is 6.20. The minimum atomic E-state index is -0.685. The summed E-state index contributed by atoms with van der Waals surface area (Å²) in [4.78, 5) is 14.3. The first-order valence-electron chi connectivity index (χ1n) is 7.05. The molecule has 19 heavy (non-hydrogen) atoms. The van der Waals surface area contributed by atoms with Crippen molar-refractivity contribution in [2.75, 3.05) is 6.61 Å². The van der Waals surface area contributed by atoms with Gasteiger partial charge in [-0.1, -0.05) is 13.3 Å². The molecule has 3 N–H and O–H groups in total. The fraction of sp³-hybridized carbons (Fsp3) is 0.857. The molecule has 1 aliphatic heterocycles. The Bertz CT molecular complexity index is 394. The summed E-state index contributed by atoms with van der Waals surface area (Å²) in [5.74, 6) is 0.143. The molecule has 0 radical (unpaired) electrons. The molecule has 3 unspecified atom stereocenters. The molecule has 1 saturated heterocycles. The SMILES string of the molecule is CC1CC(C#N)N(C(=O)C(N)C2(CO)CCC2)[C@H]1C. The molecule has 2 rings (SSSR count). The number of nitrogens with two attached hydrogens (primary N) is 1. The maximum absolute atomic E-state index is 12.6. The van der Waals surface area contributed by atoms with Crippen molar-refractivity contribution >= 4 is 5.91 Å². The Kier molecular flexibility index (Phi) is 3.84. The van der Waals surface area contributed by atoms with E-state index in [1.54, 1.807) is 4.90 Å². The van der Waals surface area contributed by atoms with Crippen LogP contribution in [0.1, 0.15) is 39.5 Å². The van der Waals surface area contributed by atoms with Gasteiger partial charge in [0, 0.05) is 11.5 Å². The third-order valence-corrected chi connectivity index (χ3v) is 5.19. The molecule has 4 atom stereocenters. The molecule has 1 amide bonds. The van der Waals surface area contributed by atoms with Crippen molar-refractivity contribution < 1.29 is 9.90 Å². The summed E-state index contributed by atoms with van der Waals surface area (Å²) in [5.41, 5.74) is 5.66. The highest BCUT2D eigenvalue weighted by atomic mass is 16.3. The molecule has 1 heterocycles. The average Bonchev–Trinajstić information content (AvgIpc) is 2.63. The van der Waals surface area contributed by atoms with E-state index in [2.05, 4.69) is 13.0 Å². The number of nitrogens with zero attached hydrogens (tertiary/aromatic N) is 2. The molecule has 5 nitrogen and oxygen atoms in total. The molecule has 0 spiro atoms. The first-order valence-corrected chi connectivity index (χ1v) is 7.05. The van der Waals surface area contributed by atoms with Crippen molar-refractivity contribution in [3.05, 3.63) is 0 Å². The minimum absolute atomic E-state index is 0.0408. The van der Waals surface area contributed by atoms with E-state index in [4.69, 9.17) is 5.73 Å². The Morgan fingerprint density at radius 3 is 2.63 bits per heavy atom. The van der Waals surface area contributed by atoms with Gasteiger partial charge < -0.3 is 15.7 Å². The van der Waals surface area contributed by atoms with Crippen LogP contribution in [0.2, 0.25) is 0 Å². The Morgan fingerprint density at radius 1 is 1.58 bits per heavy atom. The van der Waals surface area contributed by atoms with Crippen molar-refractivity contribution in [2.24, 2.45) is 17.1 Å². The number of rotatable bonds is 3. The van der Waals surface area contributed by atoms with Crippen molar-refractivity contribution in [1.29, 1.82) is 5.26 Å². The van der Waals surface area contributed by atoms with Gasteiger partial charge in [0.25, 0.3) is 0 Å². The molecule has 1 saturated carbocycles. The zero-order valence-corrected chi connectivity index (χ0v) is 11.7. The van der Waals surface area contributed by atoms with E-state index in [1.807, 2.05) is 6.92 Å². The van der Waals surface area contributed by atoms with E-state index < -0.39 is 11.5 Å². The summed E-state index contributed by atoms with van der Waals surface area (Å²) < 4.78 is 0. The molecule has 0 aromatic carbocycles. The van der Waals surface area contributed by atoms with Gasteiger partial charge in [0.15, 0.2) is 0 Å². The molecule has 0 aromatic heterocycles. The molecule has 0 aromatic rings. The summed E-state index contributed by atoms with van der Waals surface area (Å²) in [7, 11) is 0. The first-order chi connectivity index (χ1) is 8.96. The van der Waals surface area contributed by atoms with Crippen LogP contribution in [0.4, 0.5) is 0 Å². The third-order valence-electron chi connectivity index (χ3n) is 5.19. The van der Waals surface area contributed by atoms with Crippen LogP contribution in [0.15, 0.2) is 0 Å². The molecular formula is C14H23N3O2. The van der Waals surface area contributed by atoms with Gasteiger partial charge in [0.1, 0.15) is 6.04 Å². The van der Waals surface area contributed by atoms with Gasteiger partial charge >= 0.3 is 0 Å². The van der Waals surface area contributed by atoms with Crippen molar-refractivity contribution in [1.82, 2.24) is 4.90 Å². The lowest BCUT2D eigenvalue weighted by atomic mass is 9.64. The molecule has 5 heteroatoms. The minimum Gasteiger partial charge on any atom is -0.396 e. The van der Waals surface area contributed by atoms with Gasteiger partial charge in [-0.05, 0) is 32.1 Å². The number of aliphatic hydroxyl groups excluding tert-OH is 1. The van der Waals surface area contributed by atoms with Crippen LogP contribution in [0.3, 0.4) is 0 Å². The highest BCUT2D eigenvalue weighted by Crippen LogP contribution is 2.44. The maximum Gasteiger partial charge on any atom is 0.241 e. The average molecular weight is 265 g/mol. The van der Waals surface area contributed by atoms with Gasteiger partial charge in [-0.25, -0.2) is 0 Å². The number of hydrogen-bond donors (Lipinski definition) is 2. The molecule has 106 valence electrons. The van der Waals surface area contributed by atoms with Crippen LogP contribution in [0, 0.1) is 22.7 Å². The predicted octanol–water partition coefficient (Wildman–Crippen LogP) is 0.625. The summed E-state index contributed by atoms with van der Waals surface area (Å²) in [6, 6.07) is 1.18. The van der Waals surface area contributed by atoms with Crippen molar-refractivity contribution in [2.45, 2.75) is 57.7 Å². The van der Waals surface area contributed by atoms with E-state index in [-0.39, 0.29) is 24.6 Å². The fourth-order valence-corrected chi connectivity index (χ4v) is 3.31. The lowest BCUT2D eigenvalue weighted by Crippen LogP contribution is -2.59. The Balaban J connectivity index is 2.17. The van der Waals surface area contributed by atoms with E-state index in [1.165, 1.54) is 0 Å². The van der Waals surface area contributed by atoms with Gasteiger partial charge in [0.05, 0.1) is 18.7 Å². The van der Waals surface area contributed by atoms with Crippen LogP contribution in [-0.4, -0.2) is 40.6 Å². The van der Waals surface area contributed by atoms with Crippen LogP contribution in [-0.2, 0) is 4.79 Å². The first kappa shape index (κ1) is 14.3. The lowest BCUT2D eigenvalue weighted by molar-refractivity contribution is -0.141. The Hall–Kier alpha value is -1.12. The van der Waals surface area contributed by atoms with Crippen molar-refractivity contribution in [3.8, 4) is 6.07 Å². The van der Waals surface area contributed by atoms with E-state index in [9.17, 15) is 15.2 Å². The van der Waals surface area contributed by atoms with Crippen molar-refractivity contribution in [3.63, 3.8) is 0 Å². The normalized spacial score (nSPS) is 34.5. The summed E-state index contributed by atoms with van der Waals surface area (Å²) in [6.45, 7) is 3.98. The zero-order chi connectivity index (χ0) is 14.2. The third kappa shape index (κ3) is 2.13. The van der Waals surface area contributed by atoms with E-state index in [0.717, 1.165) is 19.3 Å². The predicted molar refractivity (Wildman–Crippen MR) is 70.8 cm³/mol. The number of amides is 1. The number of likely N-dealkylation sites (tertiary alicyclic amines) is 1. The van der Waals surface area contributed by atoms with Gasteiger partial charge in [-0.15, -0.1) is 0 Å². The molecule has 2 fully saturated rings. The fourth-order valence-electron chi connectivity index (χ4n) is 3.31. The smallest absolute Gasteiger partial charge is 0.241 e. The number of aliphatic hydroxyl groups is 1. The summed E-state index contributed by atoms with van der Waals surface area (Å²) in [6.07, 6.45) is 3.31. The maximum atomic E-state index is 12.6. The van der Waals surface area contributed by atoms with Crippen LogP contribution in [0.5, 0.6) is 0 Å². The van der Waals surface area contributed by atoms with Gasteiger partial charge in [0.2, 0.25) is 5.91 Å².